The second kappa shape index (κ2) is 5.52. The summed E-state index contributed by atoms with van der Waals surface area (Å²) in [6.45, 7) is 0.672. The van der Waals surface area contributed by atoms with Crippen LogP contribution in [0, 0.1) is 5.82 Å². The van der Waals surface area contributed by atoms with Gasteiger partial charge in [-0.2, -0.15) is 4.98 Å². The summed E-state index contributed by atoms with van der Waals surface area (Å²) in [6, 6.07) is 11.3. The van der Waals surface area contributed by atoms with E-state index in [0.717, 1.165) is 23.3 Å². The molecule has 1 aliphatic heterocycles. The molecule has 1 aliphatic rings. The van der Waals surface area contributed by atoms with Gasteiger partial charge in [-0.3, -0.25) is 4.79 Å². The number of aromatic amines is 1. The lowest BCUT2D eigenvalue weighted by atomic mass is 10.1. The number of fused-ring (bicyclic) bond motifs is 2. The molecule has 3 heterocycles. The average Bonchev–Trinajstić information content (AvgIpc) is 3.29. The van der Waals surface area contributed by atoms with Crippen molar-refractivity contribution in [1.82, 2.24) is 15.1 Å². The van der Waals surface area contributed by atoms with Gasteiger partial charge in [0.1, 0.15) is 11.6 Å². The predicted molar refractivity (Wildman–Crippen MR) is 92.5 cm³/mol. The molecule has 6 nitrogen and oxygen atoms in total. The first-order valence-electron chi connectivity index (χ1n) is 8.10. The molecule has 26 heavy (non-hydrogen) atoms. The third-order valence-corrected chi connectivity index (χ3v) is 4.41. The topological polar surface area (TPSA) is 81.0 Å². The van der Waals surface area contributed by atoms with Crippen molar-refractivity contribution >= 4 is 10.9 Å². The lowest BCUT2D eigenvalue weighted by molar-refractivity contribution is 0.357. The zero-order valence-electron chi connectivity index (χ0n) is 13.5. The van der Waals surface area contributed by atoms with Gasteiger partial charge in [-0.15, -0.1) is 0 Å². The smallest absolute Gasteiger partial charge is 0.259 e. The highest BCUT2D eigenvalue weighted by Gasteiger charge is 2.17. The van der Waals surface area contributed by atoms with Gasteiger partial charge in [-0.1, -0.05) is 5.16 Å². The maximum atomic E-state index is 13.5. The number of halogens is 1. The van der Waals surface area contributed by atoms with Crippen LogP contribution in [0.2, 0.25) is 0 Å². The molecule has 0 saturated carbocycles. The van der Waals surface area contributed by atoms with Crippen molar-refractivity contribution in [2.75, 3.05) is 6.61 Å². The van der Waals surface area contributed by atoms with Gasteiger partial charge in [-0.05, 0) is 42.0 Å². The molecular formula is C19H12FN3O3. The molecular weight excluding hydrogens is 337 g/mol. The molecule has 5 rings (SSSR count). The Morgan fingerprint density at radius 2 is 2.04 bits per heavy atom. The van der Waals surface area contributed by atoms with Crippen molar-refractivity contribution in [2.45, 2.75) is 6.42 Å². The molecule has 2 aromatic heterocycles. The molecule has 0 atom stereocenters. The van der Waals surface area contributed by atoms with E-state index in [9.17, 15) is 9.18 Å². The summed E-state index contributed by atoms with van der Waals surface area (Å²) < 4.78 is 24.3. The number of nitrogens with one attached hydrogen (secondary N) is 1. The number of benzene rings is 2. The number of rotatable bonds is 2. The normalized spacial score (nSPS) is 13.0. The summed E-state index contributed by atoms with van der Waals surface area (Å²) in [7, 11) is 0. The Hall–Kier alpha value is -3.48. The average molecular weight is 349 g/mol. The molecule has 0 unspecified atom stereocenters. The summed E-state index contributed by atoms with van der Waals surface area (Å²) in [5.74, 6) is 1.07. The zero-order valence-corrected chi connectivity index (χ0v) is 13.5. The van der Waals surface area contributed by atoms with Crippen LogP contribution in [0.4, 0.5) is 4.39 Å². The molecule has 7 heteroatoms. The maximum Gasteiger partial charge on any atom is 0.259 e. The van der Waals surface area contributed by atoms with E-state index in [0.29, 0.717) is 28.9 Å². The second-order valence-corrected chi connectivity index (χ2v) is 6.08. The second-order valence-electron chi connectivity index (χ2n) is 6.08. The Morgan fingerprint density at radius 1 is 1.12 bits per heavy atom. The standard InChI is InChI=1S/C19H12FN3O3/c20-12-2-3-13-14(9-17(24)21-15(13)8-12)19-22-18(23-26-19)11-1-4-16-10(7-11)5-6-25-16/h1-4,7-9H,5-6H2,(H,21,24). The van der Waals surface area contributed by atoms with E-state index in [1.807, 2.05) is 18.2 Å². The fourth-order valence-electron chi connectivity index (χ4n) is 3.19. The van der Waals surface area contributed by atoms with Crippen molar-refractivity contribution in [2.24, 2.45) is 0 Å². The van der Waals surface area contributed by atoms with Gasteiger partial charge in [0.2, 0.25) is 11.4 Å². The third-order valence-electron chi connectivity index (χ3n) is 4.41. The lowest BCUT2D eigenvalue weighted by Gasteiger charge is -2.02. The maximum absolute atomic E-state index is 13.5. The molecule has 1 N–H and O–H groups in total. The van der Waals surface area contributed by atoms with Crippen LogP contribution in [0.3, 0.4) is 0 Å². The molecule has 0 bridgehead atoms. The van der Waals surface area contributed by atoms with Gasteiger partial charge < -0.3 is 14.2 Å². The summed E-state index contributed by atoms with van der Waals surface area (Å²) in [6.07, 6.45) is 0.845. The minimum absolute atomic E-state index is 0.208. The minimum atomic E-state index is -0.433. The SMILES string of the molecule is O=c1cc(-c2nc(-c3ccc4c(c3)CCO4)no2)c2ccc(F)cc2[nH]1. The Labute approximate surface area is 146 Å². The molecule has 2 aromatic carbocycles. The van der Waals surface area contributed by atoms with Gasteiger partial charge in [0.05, 0.1) is 17.7 Å². The summed E-state index contributed by atoms with van der Waals surface area (Å²) in [4.78, 5) is 18.9. The van der Waals surface area contributed by atoms with Crippen molar-refractivity contribution < 1.29 is 13.7 Å². The quantitative estimate of drug-likeness (QED) is 0.600. The van der Waals surface area contributed by atoms with Crippen LogP contribution in [-0.4, -0.2) is 21.7 Å². The zero-order chi connectivity index (χ0) is 17.7. The Kier molecular flexibility index (Phi) is 3.15. The van der Waals surface area contributed by atoms with E-state index in [2.05, 4.69) is 15.1 Å². The van der Waals surface area contributed by atoms with Crippen LogP contribution in [0.15, 0.2) is 51.8 Å². The largest absolute Gasteiger partial charge is 0.493 e. The Bertz CT molecular complexity index is 1210. The van der Waals surface area contributed by atoms with Crippen LogP contribution in [-0.2, 0) is 6.42 Å². The number of pyridine rings is 1. The molecule has 0 radical (unpaired) electrons. The fourth-order valence-corrected chi connectivity index (χ4v) is 3.19. The van der Waals surface area contributed by atoms with E-state index in [1.165, 1.54) is 18.2 Å². The number of H-pyrrole nitrogens is 1. The van der Waals surface area contributed by atoms with Crippen LogP contribution >= 0.6 is 0 Å². The van der Waals surface area contributed by atoms with E-state index in [1.54, 1.807) is 6.07 Å². The summed E-state index contributed by atoms with van der Waals surface area (Å²) in [5, 5.41) is 4.66. The van der Waals surface area contributed by atoms with E-state index in [4.69, 9.17) is 9.26 Å². The van der Waals surface area contributed by atoms with Gasteiger partial charge in [0.25, 0.3) is 5.89 Å². The van der Waals surface area contributed by atoms with E-state index < -0.39 is 5.82 Å². The van der Waals surface area contributed by atoms with Crippen molar-refractivity contribution in [3.05, 3.63) is 64.2 Å². The molecule has 0 spiro atoms. The minimum Gasteiger partial charge on any atom is -0.493 e. The molecule has 0 amide bonds. The highest BCUT2D eigenvalue weighted by Crippen LogP contribution is 2.31. The monoisotopic (exact) mass is 349 g/mol. The number of nitrogens with zero attached hydrogens (tertiary/aromatic N) is 2. The van der Waals surface area contributed by atoms with Crippen molar-refractivity contribution in [3.8, 4) is 28.6 Å². The van der Waals surface area contributed by atoms with Crippen LogP contribution in [0.5, 0.6) is 5.75 Å². The van der Waals surface area contributed by atoms with Crippen LogP contribution in [0.25, 0.3) is 33.7 Å². The molecule has 4 aromatic rings. The summed E-state index contributed by atoms with van der Waals surface area (Å²) in [5.41, 5.74) is 2.39. The molecule has 0 saturated heterocycles. The van der Waals surface area contributed by atoms with Crippen LogP contribution < -0.4 is 10.3 Å². The highest BCUT2D eigenvalue weighted by molar-refractivity contribution is 5.92. The van der Waals surface area contributed by atoms with Gasteiger partial charge in [0.15, 0.2) is 0 Å². The number of aromatic nitrogens is 3. The number of hydrogen-bond acceptors (Lipinski definition) is 5. The summed E-state index contributed by atoms with van der Waals surface area (Å²) >= 11 is 0. The Morgan fingerprint density at radius 3 is 2.96 bits per heavy atom. The number of hydrogen-bond donors (Lipinski definition) is 1. The first-order chi connectivity index (χ1) is 12.7. The van der Waals surface area contributed by atoms with Gasteiger partial charge in [-0.25, -0.2) is 4.39 Å². The van der Waals surface area contributed by atoms with Gasteiger partial charge >= 0.3 is 0 Å². The van der Waals surface area contributed by atoms with Crippen LogP contribution in [0.1, 0.15) is 5.56 Å². The highest BCUT2D eigenvalue weighted by atomic mass is 19.1. The molecule has 0 aliphatic carbocycles. The lowest BCUT2D eigenvalue weighted by Crippen LogP contribution is -2.05. The predicted octanol–water partition coefficient (Wildman–Crippen LogP) is 3.32. The van der Waals surface area contributed by atoms with E-state index >= 15 is 0 Å². The third kappa shape index (κ3) is 2.36. The first kappa shape index (κ1) is 14.8. The van der Waals surface area contributed by atoms with Crippen molar-refractivity contribution in [1.29, 1.82) is 0 Å². The number of ether oxygens (including phenoxy) is 1. The fraction of sp³-hybridized carbons (Fsp3) is 0.105. The Balaban J connectivity index is 1.63. The van der Waals surface area contributed by atoms with Gasteiger partial charge in [0, 0.05) is 23.4 Å². The molecule has 128 valence electrons. The van der Waals surface area contributed by atoms with Crippen molar-refractivity contribution in [3.63, 3.8) is 0 Å². The van der Waals surface area contributed by atoms with E-state index in [-0.39, 0.29) is 11.4 Å². The molecule has 0 fully saturated rings. The first-order valence-corrected chi connectivity index (χ1v) is 8.10.